The van der Waals surface area contributed by atoms with Gasteiger partial charge in [-0.05, 0) is 18.6 Å². The maximum absolute atomic E-state index is 14.9. The Hall–Kier alpha value is -3.94. The smallest absolute Gasteiger partial charge is 0.337 e. The number of carbonyl (C=O) groups is 1. The van der Waals surface area contributed by atoms with E-state index < -0.39 is 29.0 Å². The van der Waals surface area contributed by atoms with E-state index in [1.54, 1.807) is 13.0 Å². The maximum atomic E-state index is 14.9. The van der Waals surface area contributed by atoms with Crippen LogP contribution in [0.1, 0.15) is 29.5 Å². The van der Waals surface area contributed by atoms with Crippen LogP contribution in [0.2, 0.25) is 0 Å². The topological polar surface area (TPSA) is 82.3 Å². The molecule has 8 heteroatoms. The molecule has 1 aliphatic heterocycles. The van der Waals surface area contributed by atoms with Gasteiger partial charge in [-0.25, -0.2) is 14.0 Å². The van der Waals surface area contributed by atoms with E-state index in [4.69, 9.17) is 4.74 Å². The molecule has 0 aliphatic carbocycles. The zero-order valence-corrected chi connectivity index (χ0v) is 17.9. The summed E-state index contributed by atoms with van der Waals surface area (Å²) in [6, 6.07) is 15.1. The van der Waals surface area contributed by atoms with E-state index in [-0.39, 0.29) is 29.1 Å². The number of halogens is 1. The third-order valence-electron chi connectivity index (χ3n) is 5.64. The Morgan fingerprint density at radius 2 is 1.69 bits per heavy atom. The monoisotopic (exact) mass is 435 g/mol. The first-order chi connectivity index (χ1) is 15.3. The second-order valence-electron chi connectivity index (χ2n) is 7.65. The molecule has 1 aliphatic rings. The molecule has 0 spiro atoms. The minimum Gasteiger partial charge on any atom is -0.457 e. The van der Waals surface area contributed by atoms with Gasteiger partial charge in [0.15, 0.2) is 0 Å². The van der Waals surface area contributed by atoms with E-state index in [2.05, 4.69) is 5.32 Å². The fourth-order valence-electron chi connectivity index (χ4n) is 3.98. The Balaban J connectivity index is 1.88. The highest BCUT2D eigenvalue weighted by Crippen LogP contribution is 2.40. The van der Waals surface area contributed by atoms with Crippen molar-refractivity contribution in [1.82, 2.24) is 9.13 Å². The van der Waals surface area contributed by atoms with Crippen molar-refractivity contribution in [2.45, 2.75) is 19.4 Å². The number of aromatic nitrogens is 2. The Bertz CT molecular complexity index is 1360. The molecule has 0 fully saturated rings. The predicted octanol–water partition coefficient (Wildman–Crippen LogP) is 2.80. The molecule has 0 amide bonds. The lowest BCUT2D eigenvalue weighted by Gasteiger charge is -2.31. The third kappa shape index (κ3) is 3.53. The Morgan fingerprint density at radius 3 is 2.38 bits per heavy atom. The minimum absolute atomic E-state index is 0.0264. The van der Waals surface area contributed by atoms with Crippen molar-refractivity contribution < 1.29 is 13.9 Å². The van der Waals surface area contributed by atoms with Crippen LogP contribution in [-0.2, 0) is 30.2 Å². The Labute approximate surface area is 183 Å². The van der Waals surface area contributed by atoms with E-state index in [0.717, 1.165) is 10.1 Å². The fraction of sp³-hybridized carbons (Fsp3) is 0.208. The van der Waals surface area contributed by atoms with Gasteiger partial charge in [0.25, 0.3) is 5.56 Å². The van der Waals surface area contributed by atoms with Gasteiger partial charge in [-0.3, -0.25) is 13.9 Å². The maximum Gasteiger partial charge on any atom is 0.337 e. The molecule has 0 bridgehead atoms. The van der Waals surface area contributed by atoms with E-state index in [1.165, 1.54) is 36.9 Å². The molecule has 32 heavy (non-hydrogen) atoms. The first-order valence-corrected chi connectivity index (χ1v) is 10.0. The lowest BCUT2D eigenvalue weighted by atomic mass is 9.82. The quantitative estimate of drug-likeness (QED) is 0.638. The van der Waals surface area contributed by atoms with Crippen molar-refractivity contribution in [1.29, 1.82) is 0 Å². The van der Waals surface area contributed by atoms with Gasteiger partial charge < -0.3 is 10.1 Å². The van der Waals surface area contributed by atoms with Gasteiger partial charge >= 0.3 is 11.7 Å². The normalized spacial score (nSPS) is 15.2. The molecule has 3 aromatic rings. The lowest BCUT2D eigenvalue weighted by molar-refractivity contribution is -0.140. The molecule has 7 nitrogen and oxygen atoms in total. The number of hydrogen-bond donors (Lipinski definition) is 1. The van der Waals surface area contributed by atoms with Crippen LogP contribution in [0.15, 0.2) is 75.5 Å². The van der Waals surface area contributed by atoms with E-state index in [9.17, 15) is 18.8 Å². The van der Waals surface area contributed by atoms with Crippen LogP contribution in [0.25, 0.3) is 0 Å². The largest absolute Gasteiger partial charge is 0.457 e. The van der Waals surface area contributed by atoms with Gasteiger partial charge in [0.05, 0.1) is 17.1 Å². The van der Waals surface area contributed by atoms with Crippen LogP contribution in [0, 0.1) is 5.82 Å². The molecular weight excluding hydrogens is 413 g/mol. The van der Waals surface area contributed by atoms with Crippen LogP contribution in [0.5, 0.6) is 0 Å². The molecule has 1 N–H and O–H groups in total. The third-order valence-corrected chi connectivity index (χ3v) is 5.64. The fourth-order valence-corrected chi connectivity index (χ4v) is 3.98. The number of esters is 1. The number of allylic oxidation sites excluding steroid dienone is 1. The van der Waals surface area contributed by atoms with Gasteiger partial charge in [0.1, 0.15) is 18.2 Å². The number of nitrogens with one attached hydrogen (secondary N) is 1. The molecule has 0 radical (unpaired) electrons. The van der Waals surface area contributed by atoms with Crippen molar-refractivity contribution in [3.63, 3.8) is 0 Å². The van der Waals surface area contributed by atoms with Gasteiger partial charge in [-0.1, -0.05) is 48.5 Å². The molecule has 164 valence electrons. The lowest BCUT2D eigenvalue weighted by Crippen LogP contribution is -2.43. The van der Waals surface area contributed by atoms with E-state index in [1.807, 2.05) is 30.3 Å². The van der Waals surface area contributed by atoms with Crippen LogP contribution in [0.4, 0.5) is 10.2 Å². The van der Waals surface area contributed by atoms with E-state index in [0.29, 0.717) is 5.70 Å². The highest BCUT2D eigenvalue weighted by Gasteiger charge is 2.38. The average molecular weight is 435 g/mol. The number of anilines is 1. The molecular formula is C24H22FN3O4. The second-order valence-corrected chi connectivity index (χ2v) is 7.65. The number of benzene rings is 2. The summed E-state index contributed by atoms with van der Waals surface area (Å²) >= 11 is 0. The van der Waals surface area contributed by atoms with Crippen molar-refractivity contribution in [2.75, 3.05) is 5.32 Å². The SMILES string of the molecule is CC1=C(C(=O)OCc2ccccc2)C(c2ccccc2F)c2c(n(C)c(=O)n(C)c2=O)N1. The molecule has 4 rings (SSSR count). The molecule has 1 unspecified atom stereocenters. The molecule has 2 heterocycles. The summed E-state index contributed by atoms with van der Waals surface area (Å²) in [5.74, 6) is -2.05. The van der Waals surface area contributed by atoms with Crippen molar-refractivity contribution in [3.8, 4) is 0 Å². The van der Waals surface area contributed by atoms with Crippen molar-refractivity contribution in [2.24, 2.45) is 14.1 Å². The van der Waals surface area contributed by atoms with Crippen molar-refractivity contribution in [3.05, 3.63) is 109 Å². The van der Waals surface area contributed by atoms with Crippen LogP contribution in [0.3, 0.4) is 0 Å². The second kappa shape index (κ2) is 8.30. The summed E-state index contributed by atoms with van der Waals surface area (Å²) in [5.41, 5.74) is 0.417. The highest BCUT2D eigenvalue weighted by molar-refractivity contribution is 5.94. The van der Waals surface area contributed by atoms with Gasteiger partial charge in [0, 0.05) is 25.4 Å². The summed E-state index contributed by atoms with van der Waals surface area (Å²) in [7, 11) is 2.86. The average Bonchev–Trinajstić information content (AvgIpc) is 2.80. The number of carbonyl (C=O) groups excluding carboxylic acids is 1. The number of fused-ring (bicyclic) bond motifs is 1. The summed E-state index contributed by atoms with van der Waals surface area (Å²) in [6.45, 7) is 1.66. The Kier molecular flexibility index (Phi) is 5.52. The van der Waals surface area contributed by atoms with Crippen LogP contribution >= 0.6 is 0 Å². The number of ether oxygens (including phenoxy) is 1. The van der Waals surface area contributed by atoms with Gasteiger partial charge in [-0.15, -0.1) is 0 Å². The molecule has 2 aromatic carbocycles. The van der Waals surface area contributed by atoms with Crippen LogP contribution in [-0.4, -0.2) is 15.1 Å². The van der Waals surface area contributed by atoms with Gasteiger partial charge in [0.2, 0.25) is 0 Å². The zero-order valence-electron chi connectivity index (χ0n) is 17.9. The number of nitrogens with zero attached hydrogens (tertiary/aromatic N) is 2. The summed E-state index contributed by atoms with van der Waals surface area (Å²) < 4.78 is 22.7. The van der Waals surface area contributed by atoms with E-state index >= 15 is 0 Å². The summed E-state index contributed by atoms with van der Waals surface area (Å²) in [5, 5.41) is 2.99. The minimum atomic E-state index is -1.04. The van der Waals surface area contributed by atoms with Crippen molar-refractivity contribution >= 4 is 11.8 Å². The summed E-state index contributed by atoms with van der Waals surface area (Å²) in [4.78, 5) is 38.8. The predicted molar refractivity (Wildman–Crippen MR) is 118 cm³/mol. The Morgan fingerprint density at radius 1 is 1.03 bits per heavy atom. The summed E-state index contributed by atoms with van der Waals surface area (Å²) in [6.07, 6.45) is 0. The molecule has 0 saturated carbocycles. The van der Waals surface area contributed by atoms with Crippen LogP contribution < -0.4 is 16.6 Å². The molecule has 1 aromatic heterocycles. The standard InChI is InChI=1S/C24H22FN3O4/c1-14-18(23(30)32-13-15-9-5-4-6-10-15)19(16-11-7-8-12-17(16)25)20-21(26-14)27(2)24(31)28(3)22(20)29/h4-12,19,26H,13H2,1-3H3. The molecule has 0 saturated heterocycles. The molecule has 1 atom stereocenters. The first-order valence-electron chi connectivity index (χ1n) is 10.0. The first kappa shape index (κ1) is 21.3. The highest BCUT2D eigenvalue weighted by atomic mass is 19.1. The van der Waals surface area contributed by atoms with Gasteiger partial charge in [-0.2, -0.15) is 0 Å². The number of hydrogen-bond acceptors (Lipinski definition) is 5. The zero-order chi connectivity index (χ0) is 23.0. The number of rotatable bonds is 4.